The van der Waals surface area contributed by atoms with Crippen molar-refractivity contribution < 1.29 is 19.1 Å². The quantitative estimate of drug-likeness (QED) is 0.171. The van der Waals surface area contributed by atoms with Gasteiger partial charge in [-0.05, 0) is 63.6 Å². The Bertz CT molecular complexity index is 1590. The summed E-state index contributed by atoms with van der Waals surface area (Å²) < 4.78 is 11.7. The number of aryl methyl sites for hydroxylation is 1. The molecule has 204 valence electrons. The summed E-state index contributed by atoms with van der Waals surface area (Å²) in [5.41, 5.74) is 4.18. The Morgan fingerprint density at radius 3 is 2.42 bits per heavy atom. The van der Waals surface area contributed by atoms with Crippen LogP contribution >= 0.6 is 35.7 Å². The predicted molar refractivity (Wildman–Crippen MR) is 170 cm³/mol. The molecule has 0 saturated carbocycles. The molecule has 0 N–H and O–H groups in total. The monoisotopic (exact) mass is 587 g/mol. The Morgan fingerprint density at radius 1 is 0.975 bits per heavy atom. The smallest absolute Gasteiger partial charge is 0.346 e. The van der Waals surface area contributed by atoms with Crippen molar-refractivity contribution in [3.8, 4) is 5.75 Å². The van der Waals surface area contributed by atoms with Crippen LogP contribution in [-0.4, -0.2) is 36.0 Å². The minimum atomic E-state index is -0.833. The topological polar surface area (TPSA) is 55.8 Å². The highest BCUT2D eigenvalue weighted by Crippen LogP contribution is 2.58. The number of hydrogen-bond acceptors (Lipinski definition) is 7. The minimum Gasteiger partial charge on any atom is -0.497 e. The van der Waals surface area contributed by atoms with Crippen LogP contribution < -0.4 is 9.64 Å². The van der Waals surface area contributed by atoms with E-state index in [9.17, 15) is 9.59 Å². The summed E-state index contributed by atoms with van der Waals surface area (Å²) >= 11 is 9.11. The Balaban J connectivity index is 1.67. The number of methoxy groups -OCH3 is 1. The van der Waals surface area contributed by atoms with E-state index in [1.54, 1.807) is 31.1 Å². The fourth-order valence-corrected chi connectivity index (χ4v) is 7.97. The first-order valence-corrected chi connectivity index (χ1v) is 14.9. The number of thiocarbonyl (C=S) groups is 1. The fourth-order valence-electron chi connectivity index (χ4n) is 4.84. The molecule has 2 aliphatic heterocycles. The molecule has 0 saturated heterocycles. The number of anilines is 1. The molecule has 0 radical (unpaired) electrons. The van der Waals surface area contributed by atoms with Crippen molar-refractivity contribution in [2.75, 3.05) is 18.6 Å². The molecule has 0 atom stereocenters. The number of esters is 1. The zero-order valence-electron chi connectivity index (χ0n) is 22.9. The summed E-state index contributed by atoms with van der Waals surface area (Å²) in [6.45, 7) is 8.05. The third kappa shape index (κ3) is 5.00. The molecular weight excluding hydrogens is 559 g/mol. The van der Waals surface area contributed by atoms with Gasteiger partial charge in [0.15, 0.2) is 0 Å². The lowest BCUT2D eigenvalue weighted by Gasteiger charge is -2.45. The number of rotatable bonds is 5. The molecule has 0 unspecified atom stereocenters. The third-order valence-electron chi connectivity index (χ3n) is 6.82. The number of benzene rings is 3. The van der Waals surface area contributed by atoms with E-state index in [1.807, 2.05) is 75.4 Å². The van der Waals surface area contributed by atoms with Gasteiger partial charge in [0, 0.05) is 21.6 Å². The Hall–Kier alpha value is -3.33. The molecule has 5 nitrogen and oxygen atoms in total. The van der Waals surface area contributed by atoms with Gasteiger partial charge in [0.25, 0.3) is 5.91 Å². The van der Waals surface area contributed by atoms with Crippen LogP contribution in [-0.2, 0) is 9.53 Å². The summed E-state index contributed by atoms with van der Waals surface area (Å²) in [6.07, 6.45) is 0. The molecular formula is C32H29NO4S3. The number of nitrogens with zero attached hydrogens (tertiary/aromatic N) is 1. The number of carbonyl (C=O) groups is 2. The molecule has 0 aliphatic carbocycles. The van der Waals surface area contributed by atoms with Gasteiger partial charge in [0.2, 0.25) is 0 Å². The second kappa shape index (κ2) is 11.3. The average molecular weight is 588 g/mol. The summed E-state index contributed by atoms with van der Waals surface area (Å²) in [5, 5.41) is 0. The number of hydrogen-bond donors (Lipinski definition) is 0. The van der Waals surface area contributed by atoms with Crippen LogP contribution in [0.3, 0.4) is 0 Å². The summed E-state index contributed by atoms with van der Waals surface area (Å²) in [6, 6.07) is 23.1. The van der Waals surface area contributed by atoms with Crippen LogP contribution in [0.15, 0.2) is 81.9 Å². The van der Waals surface area contributed by atoms with Crippen LogP contribution in [0.25, 0.3) is 10.5 Å². The second-order valence-corrected chi connectivity index (χ2v) is 12.6. The van der Waals surface area contributed by atoms with Crippen molar-refractivity contribution in [2.45, 2.75) is 33.2 Å². The van der Waals surface area contributed by atoms with Gasteiger partial charge in [0.05, 0.1) is 34.0 Å². The molecule has 0 aromatic heterocycles. The second-order valence-electron chi connectivity index (χ2n) is 9.89. The molecule has 0 bridgehead atoms. The average Bonchev–Trinajstić information content (AvgIpc) is 3.39. The lowest BCUT2D eigenvalue weighted by atomic mass is 9.82. The highest BCUT2D eigenvalue weighted by atomic mass is 32.2. The normalized spacial score (nSPS) is 18.0. The van der Waals surface area contributed by atoms with E-state index in [1.165, 1.54) is 23.5 Å². The highest BCUT2D eigenvalue weighted by molar-refractivity contribution is 8.32. The van der Waals surface area contributed by atoms with Crippen molar-refractivity contribution >= 4 is 68.6 Å². The highest BCUT2D eigenvalue weighted by Gasteiger charge is 2.46. The maximum Gasteiger partial charge on any atom is 0.346 e. The van der Waals surface area contributed by atoms with E-state index in [-0.39, 0.29) is 18.5 Å². The molecule has 5 rings (SSSR count). The van der Waals surface area contributed by atoms with Gasteiger partial charge < -0.3 is 9.47 Å². The maximum absolute atomic E-state index is 14.1. The first kappa shape index (κ1) is 28.2. The molecule has 0 fully saturated rings. The van der Waals surface area contributed by atoms with Gasteiger partial charge in [-0.15, -0.1) is 0 Å². The van der Waals surface area contributed by atoms with Gasteiger partial charge in [-0.25, -0.2) is 4.79 Å². The molecule has 2 aliphatic rings. The van der Waals surface area contributed by atoms with Gasteiger partial charge in [-0.1, -0.05) is 83.8 Å². The summed E-state index contributed by atoms with van der Waals surface area (Å²) in [5.74, 6) is 0.0946. The standard InChI is InChI=1S/C32H29NO4S3/c1-6-37-30(35)27-26(20-11-8-7-9-12-20)39-31(40-27)25-23-17-19(2)15-16-24(23)33(32(3,4)28(25)38)29(34)21-13-10-14-22(18-21)36-5/h7-18H,6H2,1-5H3. The first-order chi connectivity index (χ1) is 19.2. The van der Waals surface area contributed by atoms with Gasteiger partial charge in [-0.3, -0.25) is 9.69 Å². The molecule has 3 aromatic rings. The molecule has 8 heteroatoms. The van der Waals surface area contributed by atoms with E-state index >= 15 is 0 Å². The Morgan fingerprint density at radius 2 is 1.73 bits per heavy atom. The van der Waals surface area contributed by atoms with E-state index in [0.717, 1.165) is 37.1 Å². The lowest BCUT2D eigenvalue weighted by Crippen LogP contribution is -2.56. The van der Waals surface area contributed by atoms with E-state index in [0.29, 0.717) is 21.1 Å². The minimum absolute atomic E-state index is 0.164. The van der Waals surface area contributed by atoms with Gasteiger partial charge in [0.1, 0.15) is 10.7 Å². The Kier molecular flexibility index (Phi) is 7.95. The Labute approximate surface area is 248 Å². The zero-order chi connectivity index (χ0) is 28.6. The van der Waals surface area contributed by atoms with Crippen LogP contribution in [0.4, 0.5) is 5.69 Å². The van der Waals surface area contributed by atoms with Crippen LogP contribution in [0.1, 0.15) is 47.8 Å². The molecule has 40 heavy (non-hydrogen) atoms. The summed E-state index contributed by atoms with van der Waals surface area (Å²) in [7, 11) is 1.58. The number of ether oxygens (including phenoxy) is 2. The lowest BCUT2D eigenvalue weighted by molar-refractivity contribution is -0.137. The van der Waals surface area contributed by atoms with Crippen LogP contribution in [0.2, 0.25) is 0 Å². The van der Waals surface area contributed by atoms with Crippen molar-refractivity contribution in [3.63, 3.8) is 0 Å². The molecule has 2 heterocycles. The maximum atomic E-state index is 14.1. The van der Waals surface area contributed by atoms with Crippen LogP contribution in [0, 0.1) is 6.92 Å². The van der Waals surface area contributed by atoms with E-state index in [4.69, 9.17) is 21.7 Å². The zero-order valence-corrected chi connectivity index (χ0v) is 25.4. The van der Waals surface area contributed by atoms with E-state index < -0.39 is 5.54 Å². The number of fused-ring (bicyclic) bond motifs is 1. The molecule has 0 spiro atoms. The van der Waals surface area contributed by atoms with Crippen molar-refractivity contribution in [3.05, 3.63) is 104 Å². The number of carbonyl (C=O) groups excluding carboxylic acids is 2. The van der Waals surface area contributed by atoms with Crippen LogP contribution in [0.5, 0.6) is 5.75 Å². The largest absolute Gasteiger partial charge is 0.497 e. The number of thioether (sulfide) groups is 2. The first-order valence-electron chi connectivity index (χ1n) is 12.9. The van der Waals surface area contributed by atoms with Crippen molar-refractivity contribution in [2.24, 2.45) is 0 Å². The van der Waals surface area contributed by atoms with Gasteiger partial charge >= 0.3 is 5.97 Å². The predicted octanol–water partition coefficient (Wildman–Crippen LogP) is 7.89. The SMILES string of the molecule is CCOC(=O)C1=C(c2ccccc2)SC(=C2C(=S)C(C)(C)N(C(=O)c3cccc(OC)c3)c3ccc(C)cc32)S1. The van der Waals surface area contributed by atoms with Crippen molar-refractivity contribution in [1.82, 2.24) is 0 Å². The molecule has 1 amide bonds. The number of amides is 1. The fraction of sp³-hybridized carbons (Fsp3) is 0.219. The summed E-state index contributed by atoms with van der Waals surface area (Å²) in [4.78, 5) is 31.0. The van der Waals surface area contributed by atoms with Gasteiger partial charge in [-0.2, -0.15) is 0 Å². The third-order valence-corrected chi connectivity index (χ3v) is 10.2. The van der Waals surface area contributed by atoms with E-state index in [2.05, 4.69) is 6.07 Å². The van der Waals surface area contributed by atoms with Crippen molar-refractivity contribution in [1.29, 1.82) is 0 Å². The molecule has 3 aromatic carbocycles.